The molecule has 2 rings (SSSR count). The van der Waals surface area contributed by atoms with E-state index in [0.29, 0.717) is 11.8 Å². The van der Waals surface area contributed by atoms with Crippen LogP contribution in [0.2, 0.25) is 0 Å². The highest BCUT2D eigenvalue weighted by molar-refractivity contribution is 5.90. The van der Waals surface area contributed by atoms with E-state index in [9.17, 15) is 13.6 Å². The third-order valence-electron chi connectivity index (χ3n) is 2.84. The SMILES string of the molecule is COC(=O)c1cc(NCc2nc[nH]c2C)c(F)cc1F. The first-order valence-electron chi connectivity index (χ1n) is 5.83. The van der Waals surface area contributed by atoms with E-state index in [1.807, 2.05) is 6.92 Å². The first-order valence-corrected chi connectivity index (χ1v) is 5.83. The first-order chi connectivity index (χ1) is 9.52. The van der Waals surface area contributed by atoms with Crippen molar-refractivity contribution in [1.82, 2.24) is 9.97 Å². The lowest BCUT2D eigenvalue weighted by Gasteiger charge is -2.09. The zero-order valence-electron chi connectivity index (χ0n) is 11.0. The number of carbonyl (C=O) groups excluding carboxylic acids is 1. The molecule has 0 saturated heterocycles. The van der Waals surface area contributed by atoms with Crippen molar-refractivity contribution in [2.45, 2.75) is 13.5 Å². The monoisotopic (exact) mass is 281 g/mol. The predicted molar refractivity (Wildman–Crippen MR) is 68.3 cm³/mol. The molecule has 0 atom stereocenters. The third kappa shape index (κ3) is 2.76. The zero-order valence-corrected chi connectivity index (χ0v) is 11.0. The lowest BCUT2D eigenvalue weighted by molar-refractivity contribution is 0.0595. The summed E-state index contributed by atoms with van der Waals surface area (Å²) in [5, 5.41) is 2.77. The van der Waals surface area contributed by atoms with Gasteiger partial charge >= 0.3 is 5.97 Å². The Bertz CT molecular complexity index is 641. The van der Waals surface area contributed by atoms with Crippen LogP contribution in [0.4, 0.5) is 14.5 Å². The molecule has 0 bridgehead atoms. The van der Waals surface area contributed by atoms with Gasteiger partial charge in [0, 0.05) is 11.8 Å². The summed E-state index contributed by atoms with van der Waals surface area (Å²) >= 11 is 0. The number of nitrogens with zero attached hydrogens (tertiary/aromatic N) is 1. The maximum absolute atomic E-state index is 13.6. The Hall–Kier alpha value is -2.44. The molecule has 2 aromatic rings. The number of H-pyrrole nitrogens is 1. The van der Waals surface area contributed by atoms with Gasteiger partial charge in [-0.15, -0.1) is 0 Å². The molecule has 7 heteroatoms. The van der Waals surface area contributed by atoms with Gasteiger partial charge < -0.3 is 15.0 Å². The highest BCUT2D eigenvalue weighted by Crippen LogP contribution is 2.21. The number of benzene rings is 1. The first kappa shape index (κ1) is 14.0. The van der Waals surface area contributed by atoms with Crippen molar-refractivity contribution in [3.8, 4) is 0 Å². The van der Waals surface area contributed by atoms with Crippen LogP contribution in [0.1, 0.15) is 21.7 Å². The van der Waals surface area contributed by atoms with Crippen LogP contribution in [-0.4, -0.2) is 23.0 Å². The maximum Gasteiger partial charge on any atom is 0.340 e. The van der Waals surface area contributed by atoms with Crippen LogP contribution in [-0.2, 0) is 11.3 Å². The van der Waals surface area contributed by atoms with Crippen molar-refractivity contribution < 1.29 is 18.3 Å². The second-order valence-electron chi connectivity index (χ2n) is 4.13. The highest BCUT2D eigenvalue weighted by atomic mass is 19.1. The molecule has 20 heavy (non-hydrogen) atoms. The molecule has 0 saturated carbocycles. The molecule has 1 aromatic carbocycles. The Morgan fingerprint density at radius 2 is 2.15 bits per heavy atom. The number of methoxy groups -OCH3 is 1. The number of anilines is 1. The summed E-state index contributed by atoms with van der Waals surface area (Å²) in [7, 11) is 1.13. The Morgan fingerprint density at radius 3 is 2.75 bits per heavy atom. The molecule has 0 amide bonds. The molecule has 2 N–H and O–H groups in total. The second kappa shape index (κ2) is 5.68. The van der Waals surface area contributed by atoms with Crippen molar-refractivity contribution in [3.05, 3.63) is 47.0 Å². The van der Waals surface area contributed by atoms with Gasteiger partial charge in [0.15, 0.2) is 0 Å². The molecule has 0 aliphatic carbocycles. The van der Waals surface area contributed by atoms with E-state index in [1.165, 1.54) is 6.33 Å². The number of aromatic amines is 1. The predicted octanol–water partition coefficient (Wildman–Crippen LogP) is 2.40. The summed E-state index contributed by atoms with van der Waals surface area (Å²) < 4.78 is 31.5. The van der Waals surface area contributed by atoms with E-state index in [-0.39, 0.29) is 17.8 Å². The van der Waals surface area contributed by atoms with Gasteiger partial charge in [0.2, 0.25) is 0 Å². The van der Waals surface area contributed by atoms with E-state index in [0.717, 1.165) is 18.9 Å². The molecule has 0 unspecified atom stereocenters. The summed E-state index contributed by atoms with van der Waals surface area (Å²) in [6.07, 6.45) is 1.52. The largest absolute Gasteiger partial charge is 0.465 e. The summed E-state index contributed by atoms with van der Waals surface area (Å²) in [4.78, 5) is 18.3. The van der Waals surface area contributed by atoms with Crippen LogP contribution >= 0.6 is 0 Å². The molecule has 0 spiro atoms. The van der Waals surface area contributed by atoms with Crippen molar-refractivity contribution in [1.29, 1.82) is 0 Å². The van der Waals surface area contributed by atoms with Crippen molar-refractivity contribution >= 4 is 11.7 Å². The Morgan fingerprint density at radius 1 is 1.40 bits per heavy atom. The number of esters is 1. The van der Waals surface area contributed by atoms with E-state index < -0.39 is 17.6 Å². The van der Waals surface area contributed by atoms with Crippen LogP contribution in [0.25, 0.3) is 0 Å². The maximum atomic E-state index is 13.6. The lowest BCUT2D eigenvalue weighted by Crippen LogP contribution is -2.09. The number of ether oxygens (including phenoxy) is 1. The molecule has 1 aromatic heterocycles. The van der Waals surface area contributed by atoms with Gasteiger partial charge in [-0.05, 0) is 13.0 Å². The summed E-state index contributed by atoms with van der Waals surface area (Å²) in [6.45, 7) is 2.07. The second-order valence-corrected chi connectivity index (χ2v) is 4.13. The van der Waals surface area contributed by atoms with Crippen molar-refractivity contribution in [2.75, 3.05) is 12.4 Å². The molecule has 106 valence electrons. The molecular weight excluding hydrogens is 268 g/mol. The molecule has 0 aliphatic rings. The van der Waals surface area contributed by atoms with E-state index in [1.54, 1.807) is 0 Å². The minimum atomic E-state index is -0.962. The molecule has 5 nitrogen and oxygen atoms in total. The number of nitrogens with one attached hydrogen (secondary N) is 2. The van der Waals surface area contributed by atoms with E-state index in [4.69, 9.17) is 0 Å². The van der Waals surface area contributed by atoms with Gasteiger partial charge in [-0.1, -0.05) is 0 Å². The molecule has 0 fully saturated rings. The number of aryl methyl sites for hydroxylation is 1. The van der Waals surface area contributed by atoms with Crippen LogP contribution in [0.15, 0.2) is 18.5 Å². The van der Waals surface area contributed by atoms with Crippen LogP contribution in [0.5, 0.6) is 0 Å². The number of aromatic nitrogens is 2. The molecule has 1 heterocycles. The minimum absolute atomic E-state index is 0.00852. The topological polar surface area (TPSA) is 67.0 Å². The Kier molecular flexibility index (Phi) is 3.97. The lowest BCUT2D eigenvalue weighted by atomic mass is 10.1. The average molecular weight is 281 g/mol. The average Bonchev–Trinajstić information content (AvgIpc) is 2.82. The van der Waals surface area contributed by atoms with Crippen molar-refractivity contribution in [2.24, 2.45) is 0 Å². The Balaban J connectivity index is 2.23. The van der Waals surface area contributed by atoms with Gasteiger partial charge in [-0.2, -0.15) is 0 Å². The standard InChI is InChI=1S/C13H13F2N3O2/c1-7-12(18-6-17-7)5-16-11-3-8(13(19)20-2)9(14)4-10(11)15/h3-4,6,16H,5H2,1-2H3,(H,17,18). The Labute approximate surface area is 114 Å². The number of hydrogen-bond acceptors (Lipinski definition) is 4. The van der Waals surface area contributed by atoms with Gasteiger partial charge in [-0.25, -0.2) is 18.6 Å². The normalized spacial score (nSPS) is 10.4. The van der Waals surface area contributed by atoms with Gasteiger partial charge in [-0.3, -0.25) is 0 Å². The van der Waals surface area contributed by atoms with Crippen molar-refractivity contribution in [3.63, 3.8) is 0 Å². The third-order valence-corrected chi connectivity index (χ3v) is 2.84. The summed E-state index contributed by atoms with van der Waals surface area (Å²) in [5.74, 6) is -2.61. The summed E-state index contributed by atoms with van der Waals surface area (Å²) in [6, 6.07) is 1.73. The molecule has 0 aliphatic heterocycles. The molecule has 0 radical (unpaired) electrons. The fourth-order valence-electron chi connectivity index (χ4n) is 1.70. The summed E-state index contributed by atoms with van der Waals surface area (Å²) in [5.41, 5.74) is 1.23. The number of halogens is 2. The quantitative estimate of drug-likeness (QED) is 0.844. The highest BCUT2D eigenvalue weighted by Gasteiger charge is 2.16. The molecular formula is C13H13F2N3O2. The zero-order chi connectivity index (χ0) is 14.7. The fourth-order valence-corrected chi connectivity index (χ4v) is 1.70. The number of rotatable bonds is 4. The van der Waals surface area contributed by atoms with E-state index >= 15 is 0 Å². The van der Waals surface area contributed by atoms with Gasteiger partial charge in [0.1, 0.15) is 11.6 Å². The van der Waals surface area contributed by atoms with Gasteiger partial charge in [0.25, 0.3) is 0 Å². The van der Waals surface area contributed by atoms with Crippen LogP contribution < -0.4 is 5.32 Å². The van der Waals surface area contributed by atoms with Crippen LogP contribution in [0, 0.1) is 18.6 Å². The fraction of sp³-hybridized carbons (Fsp3) is 0.231. The number of hydrogen-bond donors (Lipinski definition) is 2. The minimum Gasteiger partial charge on any atom is -0.465 e. The van der Waals surface area contributed by atoms with Crippen LogP contribution in [0.3, 0.4) is 0 Å². The van der Waals surface area contributed by atoms with E-state index in [2.05, 4.69) is 20.0 Å². The van der Waals surface area contributed by atoms with Gasteiger partial charge in [0.05, 0.1) is 36.9 Å². The smallest absolute Gasteiger partial charge is 0.340 e. The number of carbonyl (C=O) groups is 1. The number of imidazole rings is 1.